The van der Waals surface area contributed by atoms with Gasteiger partial charge in [-0.15, -0.1) is 10.2 Å². The van der Waals surface area contributed by atoms with E-state index in [9.17, 15) is 17.6 Å². The van der Waals surface area contributed by atoms with E-state index in [1.165, 1.54) is 0 Å². The molecule has 2 nitrogen and oxygen atoms in total. The maximum Gasteiger partial charge on any atom is 0.446 e. The number of rotatable bonds is 0. The van der Waals surface area contributed by atoms with E-state index in [0.29, 0.717) is 0 Å². The van der Waals surface area contributed by atoms with Gasteiger partial charge in [0, 0.05) is 0 Å². The molecule has 0 bridgehead atoms. The summed E-state index contributed by atoms with van der Waals surface area (Å²) in [5, 5.41) is 3.79. The van der Waals surface area contributed by atoms with E-state index >= 15 is 0 Å². The zero-order chi connectivity index (χ0) is 6.41. The molecule has 0 radical (unpaired) electrons. The molecule has 1 aliphatic heterocycles. The first-order chi connectivity index (χ1) is 3.46. The summed E-state index contributed by atoms with van der Waals surface area (Å²) in [5.74, 6) is 0. The first-order valence-electron chi connectivity index (χ1n) is 1.65. The zero-order valence-corrected chi connectivity index (χ0v) is 3.41. The number of nitrogens with zero attached hydrogens (tertiary/aromatic N) is 2. The Morgan fingerprint density at radius 2 is 1.00 bits per heavy atom. The molecule has 6 heteroatoms. The van der Waals surface area contributed by atoms with Crippen LogP contribution >= 0.6 is 0 Å². The van der Waals surface area contributed by atoms with Crippen molar-refractivity contribution in [2.75, 3.05) is 0 Å². The van der Waals surface area contributed by atoms with Gasteiger partial charge in [0.2, 0.25) is 0 Å². The molecule has 46 valence electrons. The van der Waals surface area contributed by atoms with Crippen LogP contribution in [0.2, 0.25) is 0 Å². The Kier molecular flexibility index (Phi) is 0.688. The molecule has 0 spiro atoms. The molecule has 0 atom stereocenters. The summed E-state index contributed by atoms with van der Waals surface area (Å²) in [6.45, 7) is 0. The van der Waals surface area contributed by atoms with Crippen LogP contribution < -0.4 is 0 Å². The van der Waals surface area contributed by atoms with Gasteiger partial charge in [0.1, 0.15) is 0 Å². The van der Waals surface area contributed by atoms with E-state index in [4.69, 9.17) is 0 Å². The average Bonchev–Trinajstić information content (AvgIpc) is 1.64. The lowest BCUT2D eigenvalue weighted by atomic mass is 10.4. The van der Waals surface area contributed by atoms with Crippen molar-refractivity contribution in [2.24, 2.45) is 10.2 Å². The van der Waals surface area contributed by atoms with Crippen LogP contribution in [-0.2, 0) is 0 Å². The minimum absolute atomic E-state index is 1.90. The second-order valence-corrected chi connectivity index (χ2v) is 1.28. The lowest BCUT2D eigenvalue weighted by molar-refractivity contribution is -0.248. The second-order valence-electron chi connectivity index (χ2n) is 1.28. The fraction of sp³-hybridized carbons (Fsp3) is 1.00. The van der Waals surface area contributed by atoms with E-state index in [1.807, 2.05) is 10.2 Å². The van der Waals surface area contributed by atoms with Crippen LogP contribution in [0.3, 0.4) is 0 Å². The topological polar surface area (TPSA) is 24.7 Å². The van der Waals surface area contributed by atoms with Crippen LogP contribution in [0.25, 0.3) is 0 Å². The molecule has 1 aliphatic rings. The summed E-state index contributed by atoms with van der Waals surface area (Å²) in [6.07, 6.45) is 0. The highest BCUT2D eigenvalue weighted by atomic mass is 19.3. The van der Waals surface area contributed by atoms with Gasteiger partial charge in [-0.05, 0) is 0 Å². The average molecular weight is 128 g/mol. The highest BCUT2D eigenvalue weighted by molar-refractivity contribution is 4.85. The normalized spacial score (nSPS) is 29.5. The first-order valence-corrected chi connectivity index (χ1v) is 1.65. The van der Waals surface area contributed by atoms with Crippen molar-refractivity contribution in [3.05, 3.63) is 0 Å². The lowest BCUT2D eigenvalue weighted by Gasteiger charge is -2.23. The number of hydrogen-bond donors (Lipinski definition) is 0. The molecule has 0 unspecified atom stereocenters. The number of alkyl halides is 4. The molecule has 0 N–H and O–H groups in total. The van der Waals surface area contributed by atoms with E-state index in [2.05, 4.69) is 0 Å². The van der Waals surface area contributed by atoms with Crippen molar-refractivity contribution in [3.8, 4) is 0 Å². The highest BCUT2D eigenvalue weighted by Gasteiger charge is 2.65. The van der Waals surface area contributed by atoms with Crippen LogP contribution in [0.15, 0.2) is 10.2 Å². The minimum Gasteiger partial charge on any atom is -0.170 e. The number of halogens is 4. The predicted molar refractivity (Wildman–Crippen MR) is 14.8 cm³/mol. The van der Waals surface area contributed by atoms with Crippen LogP contribution in [0.5, 0.6) is 0 Å². The smallest absolute Gasteiger partial charge is 0.170 e. The third kappa shape index (κ3) is 0.423. The molecule has 1 rings (SSSR count). The molecular weight excluding hydrogens is 128 g/mol. The summed E-state index contributed by atoms with van der Waals surface area (Å²) in [4.78, 5) is 0. The zero-order valence-electron chi connectivity index (χ0n) is 3.41. The van der Waals surface area contributed by atoms with Crippen molar-refractivity contribution >= 4 is 0 Å². The molecule has 0 aromatic heterocycles. The largest absolute Gasteiger partial charge is 0.446 e. The molecule has 0 aromatic carbocycles. The third-order valence-electron chi connectivity index (χ3n) is 0.663. The summed E-state index contributed by atoms with van der Waals surface area (Å²) < 4.78 is 45.2. The molecule has 8 heavy (non-hydrogen) atoms. The van der Waals surface area contributed by atoms with Crippen LogP contribution in [0, 0.1) is 0 Å². The third-order valence-corrected chi connectivity index (χ3v) is 0.663. The van der Waals surface area contributed by atoms with Crippen molar-refractivity contribution in [3.63, 3.8) is 0 Å². The Balaban J connectivity index is 2.82. The maximum atomic E-state index is 11.3. The molecule has 0 aromatic rings. The van der Waals surface area contributed by atoms with Crippen molar-refractivity contribution < 1.29 is 17.6 Å². The Morgan fingerprint density at radius 3 is 1.00 bits per heavy atom. The van der Waals surface area contributed by atoms with E-state index in [0.717, 1.165) is 0 Å². The molecule has 0 saturated carbocycles. The summed E-state index contributed by atoms with van der Waals surface area (Å²) in [7, 11) is 0. The molecule has 0 aliphatic carbocycles. The van der Waals surface area contributed by atoms with E-state index < -0.39 is 12.1 Å². The van der Waals surface area contributed by atoms with Gasteiger partial charge < -0.3 is 0 Å². The van der Waals surface area contributed by atoms with Gasteiger partial charge in [-0.2, -0.15) is 17.6 Å². The quantitative estimate of drug-likeness (QED) is 0.350. The lowest BCUT2D eigenvalue weighted by Crippen LogP contribution is -2.43. The van der Waals surface area contributed by atoms with Gasteiger partial charge in [-0.1, -0.05) is 0 Å². The maximum absolute atomic E-state index is 11.3. The van der Waals surface area contributed by atoms with Crippen molar-refractivity contribution in [1.82, 2.24) is 0 Å². The summed E-state index contributed by atoms with van der Waals surface area (Å²) in [6, 6.07) is -8.51. The molecule has 1 heterocycles. The predicted octanol–water partition coefficient (Wildman–Crippen LogP) is 1.64. The monoisotopic (exact) mass is 128 g/mol. The van der Waals surface area contributed by atoms with Crippen LogP contribution in [0.1, 0.15) is 0 Å². The highest BCUT2D eigenvalue weighted by Crippen LogP contribution is 2.44. The van der Waals surface area contributed by atoms with Gasteiger partial charge in [0.15, 0.2) is 0 Å². The SMILES string of the molecule is FC1(F)N=NC1(F)F. The standard InChI is InChI=1S/C2F4N2/c3-1(4)2(5,6)8-7-1. The van der Waals surface area contributed by atoms with Crippen molar-refractivity contribution in [1.29, 1.82) is 0 Å². The second kappa shape index (κ2) is 1.01. The summed E-state index contributed by atoms with van der Waals surface area (Å²) in [5.41, 5.74) is 0. The Labute approximate surface area is 41.2 Å². The van der Waals surface area contributed by atoms with Gasteiger partial charge in [-0.25, -0.2) is 0 Å². The fourth-order valence-electron chi connectivity index (χ4n) is 0.201. The Hall–Kier alpha value is -0.680. The summed E-state index contributed by atoms with van der Waals surface area (Å²) >= 11 is 0. The molecule has 0 fully saturated rings. The van der Waals surface area contributed by atoms with Gasteiger partial charge in [0.25, 0.3) is 0 Å². The van der Waals surface area contributed by atoms with Crippen molar-refractivity contribution in [2.45, 2.75) is 12.1 Å². The first kappa shape index (κ1) is 5.46. The number of azo groups is 1. The molecule has 0 saturated heterocycles. The van der Waals surface area contributed by atoms with Gasteiger partial charge in [-0.3, -0.25) is 0 Å². The van der Waals surface area contributed by atoms with Crippen LogP contribution in [-0.4, -0.2) is 12.1 Å². The minimum atomic E-state index is -4.26. The molecular formula is C2F4N2. The van der Waals surface area contributed by atoms with Gasteiger partial charge >= 0.3 is 12.1 Å². The fourth-order valence-corrected chi connectivity index (χ4v) is 0.201. The van der Waals surface area contributed by atoms with E-state index in [-0.39, 0.29) is 0 Å². The molecule has 0 amide bonds. The Morgan fingerprint density at radius 1 is 0.750 bits per heavy atom. The van der Waals surface area contributed by atoms with E-state index in [1.54, 1.807) is 0 Å². The van der Waals surface area contributed by atoms with Gasteiger partial charge in [0.05, 0.1) is 0 Å². The Bertz CT molecular complexity index is 123. The number of hydrogen-bond acceptors (Lipinski definition) is 2. The van der Waals surface area contributed by atoms with Crippen LogP contribution in [0.4, 0.5) is 17.6 Å².